The molecule has 0 bridgehead atoms. The van der Waals surface area contributed by atoms with Crippen LogP contribution in [0.15, 0.2) is 36.8 Å². The van der Waals surface area contributed by atoms with Crippen LogP contribution in [0, 0.1) is 11.3 Å². The first-order valence-corrected chi connectivity index (χ1v) is 13.2. The quantitative estimate of drug-likeness (QED) is 0.544. The van der Waals surface area contributed by atoms with Crippen molar-refractivity contribution in [3.05, 3.63) is 53.1 Å². The van der Waals surface area contributed by atoms with Crippen molar-refractivity contribution in [1.29, 1.82) is 5.26 Å². The number of amides is 1. The first kappa shape index (κ1) is 24.7. The topological polar surface area (TPSA) is 90.1 Å². The van der Waals surface area contributed by atoms with E-state index in [2.05, 4.69) is 38.1 Å². The number of halogens is 1. The first-order valence-electron chi connectivity index (χ1n) is 12.8. The molecule has 0 atom stereocenters. The molecule has 188 valence electrons. The molecule has 3 heterocycles. The van der Waals surface area contributed by atoms with Crippen LogP contribution in [0.1, 0.15) is 55.1 Å². The van der Waals surface area contributed by atoms with E-state index in [1.165, 1.54) is 31.7 Å². The Labute approximate surface area is 216 Å². The molecule has 2 aromatic heterocycles. The van der Waals surface area contributed by atoms with E-state index >= 15 is 0 Å². The Morgan fingerprint density at radius 3 is 2.61 bits per heavy atom. The number of hydrogen-bond acceptors (Lipinski definition) is 6. The zero-order chi connectivity index (χ0) is 25.1. The minimum Gasteiger partial charge on any atom is -0.350 e. The van der Waals surface area contributed by atoms with Crippen molar-refractivity contribution in [3.63, 3.8) is 0 Å². The van der Waals surface area contributed by atoms with Gasteiger partial charge in [-0.1, -0.05) is 43.9 Å². The monoisotopic (exact) mass is 505 g/mol. The summed E-state index contributed by atoms with van der Waals surface area (Å²) in [5.41, 5.74) is 1.38. The second kappa shape index (κ2) is 10.6. The van der Waals surface area contributed by atoms with E-state index in [4.69, 9.17) is 11.6 Å². The average molecular weight is 506 g/mol. The maximum atomic E-state index is 13.7. The van der Waals surface area contributed by atoms with Gasteiger partial charge in [-0.25, -0.2) is 9.97 Å². The van der Waals surface area contributed by atoms with Gasteiger partial charge >= 0.3 is 0 Å². The van der Waals surface area contributed by atoms with Gasteiger partial charge in [0.1, 0.15) is 6.07 Å². The number of nitriles is 1. The number of likely N-dealkylation sites (N-methyl/N-ethyl adjacent to an activating group) is 1. The Kier molecular flexibility index (Phi) is 7.24. The molecule has 0 spiro atoms. The van der Waals surface area contributed by atoms with Gasteiger partial charge in [-0.2, -0.15) is 5.26 Å². The van der Waals surface area contributed by atoms with E-state index in [0.717, 1.165) is 45.6 Å². The summed E-state index contributed by atoms with van der Waals surface area (Å²) >= 11 is 6.60. The third-order valence-corrected chi connectivity index (χ3v) is 8.20. The number of carbonyl (C=O) groups excluding carboxylic acids is 1. The number of carbonyl (C=O) groups is 1. The number of benzene rings is 1. The highest BCUT2D eigenvalue weighted by Gasteiger charge is 2.39. The number of rotatable bonds is 6. The lowest BCUT2D eigenvalue weighted by Crippen LogP contribution is -2.61. The molecule has 1 aliphatic heterocycles. The van der Waals surface area contributed by atoms with Crippen LogP contribution >= 0.6 is 11.6 Å². The van der Waals surface area contributed by atoms with Crippen LogP contribution in [-0.4, -0.2) is 75.0 Å². The molecule has 8 nitrogen and oxygen atoms in total. The standard InChI is InChI=1S/C27H32ClN7O/c1-2-33-13-15-34(16-14-33)27(9-4-3-5-10-27)19-32-26(36)20-18-35(23-8-6-7-21(28)24(20)23)25-22(17-29)30-11-12-31-25/h6-8,11-12,18H,2-5,9-10,13-16,19H2,1H3,(H,32,36). The summed E-state index contributed by atoms with van der Waals surface area (Å²) < 4.78 is 1.74. The van der Waals surface area contributed by atoms with Crippen molar-refractivity contribution >= 4 is 28.4 Å². The van der Waals surface area contributed by atoms with Crippen molar-refractivity contribution < 1.29 is 4.79 Å². The summed E-state index contributed by atoms with van der Waals surface area (Å²) in [6.07, 6.45) is 10.6. The first-order chi connectivity index (χ1) is 17.6. The summed E-state index contributed by atoms with van der Waals surface area (Å²) in [5, 5.41) is 14.0. The van der Waals surface area contributed by atoms with E-state index in [9.17, 15) is 10.1 Å². The number of aromatic nitrogens is 3. The number of piperazine rings is 1. The van der Waals surface area contributed by atoms with Gasteiger partial charge in [-0.15, -0.1) is 0 Å². The summed E-state index contributed by atoms with van der Waals surface area (Å²) in [6, 6.07) is 7.58. The van der Waals surface area contributed by atoms with E-state index in [-0.39, 0.29) is 17.1 Å². The van der Waals surface area contributed by atoms with Crippen LogP contribution in [0.2, 0.25) is 5.02 Å². The van der Waals surface area contributed by atoms with Crippen molar-refractivity contribution in [2.45, 2.75) is 44.6 Å². The fraction of sp³-hybridized carbons (Fsp3) is 0.481. The number of fused-ring (bicyclic) bond motifs is 1. The largest absolute Gasteiger partial charge is 0.350 e. The molecule has 2 fully saturated rings. The van der Waals surface area contributed by atoms with E-state index in [0.29, 0.717) is 33.9 Å². The van der Waals surface area contributed by atoms with Crippen LogP contribution in [-0.2, 0) is 0 Å². The lowest BCUT2D eigenvalue weighted by Gasteiger charge is -2.50. The van der Waals surface area contributed by atoms with Crippen LogP contribution in [0.4, 0.5) is 0 Å². The van der Waals surface area contributed by atoms with Crippen molar-refractivity contribution in [2.75, 3.05) is 39.3 Å². The lowest BCUT2D eigenvalue weighted by atomic mass is 9.79. The summed E-state index contributed by atoms with van der Waals surface area (Å²) in [6.45, 7) is 8.15. The summed E-state index contributed by atoms with van der Waals surface area (Å²) in [5.74, 6) is 0.218. The third kappa shape index (κ3) is 4.59. The molecule has 1 saturated carbocycles. The van der Waals surface area contributed by atoms with Crippen molar-refractivity contribution in [1.82, 2.24) is 29.7 Å². The van der Waals surface area contributed by atoms with E-state index in [1.54, 1.807) is 16.8 Å². The van der Waals surface area contributed by atoms with E-state index in [1.807, 2.05) is 12.1 Å². The van der Waals surface area contributed by atoms with Gasteiger partial charge in [0.05, 0.1) is 16.1 Å². The van der Waals surface area contributed by atoms with Gasteiger partial charge in [0, 0.05) is 62.2 Å². The van der Waals surface area contributed by atoms with Gasteiger partial charge in [-0.05, 0) is 31.5 Å². The molecule has 9 heteroatoms. The van der Waals surface area contributed by atoms with Crippen LogP contribution in [0.5, 0.6) is 0 Å². The predicted octanol–water partition coefficient (Wildman–Crippen LogP) is 4.02. The maximum absolute atomic E-state index is 13.7. The Morgan fingerprint density at radius 1 is 1.14 bits per heavy atom. The second-order valence-electron chi connectivity index (χ2n) is 9.78. The zero-order valence-corrected chi connectivity index (χ0v) is 21.5. The number of hydrogen-bond donors (Lipinski definition) is 1. The third-order valence-electron chi connectivity index (χ3n) is 7.89. The van der Waals surface area contributed by atoms with Gasteiger partial charge in [0.15, 0.2) is 11.5 Å². The highest BCUT2D eigenvalue weighted by molar-refractivity contribution is 6.37. The van der Waals surface area contributed by atoms with Crippen molar-refractivity contribution in [3.8, 4) is 11.9 Å². The Hall–Kier alpha value is -2.99. The van der Waals surface area contributed by atoms with Crippen molar-refractivity contribution in [2.24, 2.45) is 0 Å². The molecule has 5 rings (SSSR count). The fourth-order valence-corrected chi connectivity index (χ4v) is 6.14. The van der Waals surface area contributed by atoms with Gasteiger partial charge in [0.25, 0.3) is 5.91 Å². The molecule has 1 N–H and O–H groups in total. The minimum absolute atomic E-state index is 0.00517. The lowest BCUT2D eigenvalue weighted by molar-refractivity contribution is 0.00925. The predicted molar refractivity (Wildman–Crippen MR) is 140 cm³/mol. The molecule has 2 aliphatic rings. The molecular weight excluding hydrogens is 474 g/mol. The zero-order valence-electron chi connectivity index (χ0n) is 20.7. The van der Waals surface area contributed by atoms with E-state index < -0.39 is 0 Å². The Balaban J connectivity index is 1.44. The maximum Gasteiger partial charge on any atom is 0.253 e. The highest BCUT2D eigenvalue weighted by Crippen LogP contribution is 2.35. The molecule has 3 aromatic rings. The molecule has 1 saturated heterocycles. The minimum atomic E-state index is -0.161. The molecule has 1 amide bonds. The molecule has 0 unspecified atom stereocenters. The second-order valence-corrected chi connectivity index (χ2v) is 10.2. The smallest absolute Gasteiger partial charge is 0.253 e. The Bertz CT molecular complexity index is 1280. The van der Waals surface area contributed by atoms with Crippen LogP contribution < -0.4 is 5.32 Å². The average Bonchev–Trinajstić information content (AvgIpc) is 3.33. The van der Waals surface area contributed by atoms with Gasteiger partial charge in [0.2, 0.25) is 0 Å². The molecule has 36 heavy (non-hydrogen) atoms. The molecule has 0 radical (unpaired) electrons. The summed E-state index contributed by atoms with van der Waals surface area (Å²) in [4.78, 5) is 27.3. The van der Waals surface area contributed by atoms with Gasteiger partial charge < -0.3 is 10.2 Å². The molecule has 1 aliphatic carbocycles. The van der Waals surface area contributed by atoms with Crippen LogP contribution in [0.25, 0.3) is 16.7 Å². The number of nitrogens with one attached hydrogen (secondary N) is 1. The number of nitrogens with zero attached hydrogens (tertiary/aromatic N) is 6. The molecular formula is C27H32ClN7O. The Morgan fingerprint density at radius 2 is 1.89 bits per heavy atom. The highest BCUT2D eigenvalue weighted by atomic mass is 35.5. The summed E-state index contributed by atoms with van der Waals surface area (Å²) in [7, 11) is 0. The van der Waals surface area contributed by atoms with Gasteiger partial charge in [-0.3, -0.25) is 14.3 Å². The fourth-order valence-electron chi connectivity index (χ4n) is 5.87. The molecule has 1 aromatic carbocycles. The normalized spacial score (nSPS) is 18.7. The SMILES string of the molecule is CCN1CCN(C2(CNC(=O)c3cn(-c4nccnc4C#N)c4cccc(Cl)c34)CCCCC2)CC1. The van der Waals surface area contributed by atoms with Crippen LogP contribution in [0.3, 0.4) is 0 Å².